The summed E-state index contributed by atoms with van der Waals surface area (Å²) in [5, 5.41) is 16.6. The second-order valence-electron chi connectivity index (χ2n) is 3.87. The molecule has 7 heteroatoms. The largest absolute Gasteiger partial charge is 0.334 e. The van der Waals surface area contributed by atoms with E-state index in [-0.39, 0.29) is 12.6 Å². The van der Waals surface area contributed by atoms with Gasteiger partial charge < -0.3 is 10.6 Å². The normalized spacial score (nSPS) is 19.6. The molecule has 0 aromatic heterocycles. The number of imide groups is 1. The van der Waals surface area contributed by atoms with Crippen molar-refractivity contribution >= 4 is 11.9 Å². The van der Waals surface area contributed by atoms with Crippen LogP contribution < -0.4 is 16.0 Å². The highest BCUT2D eigenvalue weighted by atomic mass is 16.2. The fourth-order valence-corrected chi connectivity index (χ4v) is 1.62. The summed E-state index contributed by atoms with van der Waals surface area (Å²) in [6, 6.07) is 1.23. The quantitative estimate of drug-likeness (QED) is 0.545. The molecule has 1 rings (SSSR count). The summed E-state index contributed by atoms with van der Waals surface area (Å²) in [6.07, 6.45) is 1.52. The molecule has 1 saturated heterocycles. The van der Waals surface area contributed by atoms with Gasteiger partial charge in [0.25, 0.3) is 0 Å². The van der Waals surface area contributed by atoms with E-state index in [4.69, 9.17) is 5.26 Å². The zero-order valence-corrected chi connectivity index (χ0v) is 10.1. The molecule has 1 aliphatic heterocycles. The van der Waals surface area contributed by atoms with Crippen LogP contribution in [-0.2, 0) is 4.79 Å². The molecule has 3 amide bonds. The van der Waals surface area contributed by atoms with Gasteiger partial charge in [-0.2, -0.15) is 5.26 Å². The Balaban J connectivity index is 2.36. The van der Waals surface area contributed by atoms with Gasteiger partial charge in [0.1, 0.15) is 6.04 Å². The SMILES string of the molecule is C=CCNC(=O)NC(=O)CN1CCNCC1C#N. The summed E-state index contributed by atoms with van der Waals surface area (Å²) in [7, 11) is 0. The van der Waals surface area contributed by atoms with Gasteiger partial charge >= 0.3 is 6.03 Å². The molecule has 0 aromatic rings. The molecule has 98 valence electrons. The number of piperazine rings is 1. The van der Waals surface area contributed by atoms with Crippen LogP contribution in [0.4, 0.5) is 4.79 Å². The van der Waals surface area contributed by atoms with Gasteiger partial charge in [-0.25, -0.2) is 4.79 Å². The molecule has 1 aliphatic rings. The summed E-state index contributed by atoms with van der Waals surface area (Å²) in [5.74, 6) is -0.418. The lowest BCUT2D eigenvalue weighted by atomic mass is 10.2. The second-order valence-corrected chi connectivity index (χ2v) is 3.87. The van der Waals surface area contributed by atoms with Gasteiger partial charge in [-0.3, -0.25) is 15.0 Å². The number of hydrogen-bond acceptors (Lipinski definition) is 5. The van der Waals surface area contributed by atoms with Crippen LogP contribution in [0.25, 0.3) is 0 Å². The monoisotopic (exact) mass is 251 g/mol. The van der Waals surface area contributed by atoms with Crippen molar-refractivity contribution in [3.05, 3.63) is 12.7 Å². The molecular weight excluding hydrogens is 234 g/mol. The lowest BCUT2D eigenvalue weighted by Gasteiger charge is -2.30. The fraction of sp³-hybridized carbons (Fsp3) is 0.545. The lowest BCUT2D eigenvalue weighted by molar-refractivity contribution is -0.121. The van der Waals surface area contributed by atoms with Crippen LogP contribution in [0.2, 0.25) is 0 Å². The number of hydrogen-bond donors (Lipinski definition) is 3. The van der Waals surface area contributed by atoms with Crippen molar-refractivity contribution in [1.82, 2.24) is 20.9 Å². The second kappa shape index (κ2) is 7.42. The molecule has 0 aliphatic carbocycles. The average Bonchev–Trinajstić information content (AvgIpc) is 2.36. The minimum absolute atomic E-state index is 0.0431. The number of urea groups is 1. The van der Waals surface area contributed by atoms with E-state index in [1.165, 1.54) is 6.08 Å². The predicted molar refractivity (Wildman–Crippen MR) is 65.6 cm³/mol. The summed E-state index contributed by atoms with van der Waals surface area (Å²) in [5.41, 5.74) is 0. The number of nitrogens with one attached hydrogen (secondary N) is 3. The molecule has 1 atom stereocenters. The van der Waals surface area contributed by atoms with Crippen molar-refractivity contribution in [2.45, 2.75) is 6.04 Å². The summed E-state index contributed by atoms with van der Waals surface area (Å²) in [6.45, 7) is 5.67. The Kier molecular flexibility index (Phi) is 5.84. The Hall–Kier alpha value is -1.91. The van der Waals surface area contributed by atoms with Crippen molar-refractivity contribution in [3.8, 4) is 6.07 Å². The zero-order valence-electron chi connectivity index (χ0n) is 10.1. The van der Waals surface area contributed by atoms with Crippen LogP contribution in [0.15, 0.2) is 12.7 Å². The van der Waals surface area contributed by atoms with Crippen molar-refractivity contribution in [1.29, 1.82) is 5.26 Å². The molecule has 3 N–H and O–H groups in total. The van der Waals surface area contributed by atoms with Crippen molar-refractivity contribution in [2.24, 2.45) is 0 Å². The van der Waals surface area contributed by atoms with Crippen molar-refractivity contribution < 1.29 is 9.59 Å². The van der Waals surface area contributed by atoms with E-state index in [1.807, 2.05) is 0 Å². The van der Waals surface area contributed by atoms with E-state index in [1.54, 1.807) is 4.90 Å². The Labute approximate surface area is 106 Å². The van der Waals surface area contributed by atoms with Crippen molar-refractivity contribution in [2.75, 3.05) is 32.7 Å². The Morgan fingerprint density at radius 3 is 3.06 bits per heavy atom. The molecule has 7 nitrogen and oxygen atoms in total. The number of rotatable bonds is 4. The molecule has 0 saturated carbocycles. The zero-order chi connectivity index (χ0) is 13.4. The third kappa shape index (κ3) is 4.53. The minimum Gasteiger partial charge on any atom is -0.334 e. The van der Waals surface area contributed by atoms with Crippen LogP contribution in [0.1, 0.15) is 0 Å². The number of nitrogens with zero attached hydrogens (tertiary/aromatic N) is 2. The van der Waals surface area contributed by atoms with Crippen LogP contribution in [0.3, 0.4) is 0 Å². The molecule has 1 unspecified atom stereocenters. The molecular formula is C11H17N5O2. The summed E-state index contributed by atoms with van der Waals surface area (Å²) < 4.78 is 0. The first-order valence-electron chi connectivity index (χ1n) is 5.70. The van der Waals surface area contributed by atoms with Crippen LogP contribution in [0, 0.1) is 11.3 Å². The number of nitriles is 1. The smallest absolute Gasteiger partial charge is 0.321 e. The maximum atomic E-state index is 11.6. The van der Waals surface area contributed by atoms with Gasteiger partial charge in [-0.15, -0.1) is 6.58 Å². The van der Waals surface area contributed by atoms with Crippen LogP contribution >= 0.6 is 0 Å². The highest BCUT2D eigenvalue weighted by molar-refractivity contribution is 5.95. The maximum Gasteiger partial charge on any atom is 0.321 e. The maximum absolute atomic E-state index is 11.6. The topological polar surface area (TPSA) is 97.3 Å². The van der Waals surface area contributed by atoms with E-state index < -0.39 is 11.9 Å². The predicted octanol–water partition coefficient (Wildman–Crippen LogP) is -1.20. The Morgan fingerprint density at radius 1 is 1.61 bits per heavy atom. The van der Waals surface area contributed by atoms with Gasteiger partial charge in [0.05, 0.1) is 12.6 Å². The van der Waals surface area contributed by atoms with Crippen LogP contribution in [-0.4, -0.2) is 55.6 Å². The first-order valence-corrected chi connectivity index (χ1v) is 5.70. The summed E-state index contributed by atoms with van der Waals surface area (Å²) >= 11 is 0. The van der Waals surface area contributed by atoms with Gasteiger partial charge in [-0.05, 0) is 0 Å². The molecule has 1 heterocycles. The highest BCUT2D eigenvalue weighted by Crippen LogP contribution is 2.01. The molecule has 18 heavy (non-hydrogen) atoms. The third-order valence-electron chi connectivity index (χ3n) is 2.51. The van der Waals surface area contributed by atoms with Gasteiger partial charge in [0.15, 0.2) is 0 Å². The average molecular weight is 251 g/mol. The summed E-state index contributed by atoms with van der Waals surface area (Å²) in [4.78, 5) is 24.5. The van der Waals surface area contributed by atoms with Crippen molar-refractivity contribution in [3.63, 3.8) is 0 Å². The van der Waals surface area contributed by atoms with E-state index >= 15 is 0 Å². The van der Waals surface area contributed by atoms with Crippen LogP contribution in [0.5, 0.6) is 0 Å². The Bertz CT molecular complexity index is 363. The first kappa shape index (κ1) is 14.2. The van der Waals surface area contributed by atoms with E-state index in [0.29, 0.717) is 19.6 Å². The molecule has 0 spiro atoms. The fourth-order valence-electron chi connectivity index (χ4n) is 1.62. The van der Waals surface area contributed by atoms with Gasteiger partial charge in [-0.1, -0.05) is 6.08 Å². The lowest BCUT2D eigenvalue weighted by Crippen LogP contribution is -2.54. The standard InChI is InChI=1S/C11H17N5O2/c1-2-3-14-11(18)15-10(17)8-16-5-4-13-7-9(16)6-12/h2,9,13H,1,3-5,7-8H2,(H2,14,15,17,18). The number of carbonyl (C=O) groups excluding carboxylic acids is 2. The van der Waals surface area contributed by atoms with E-state index in [9.17, 15) is 9.59 Å². The van der Waals surface area contributed by atoms with E-state index in [0.717, 1.165) is 6.54 Å². The highest BCUT2D eigenvalue weighted by Gasteiger charge is 2.24. The third-order valence-corrected chi connectivity index (χ3v) is 2.51. The van der Waals surface area contributed by atoms with Gasteiger partial charge in [0.2, 0.25) is 5.91 Å². The molecule has 0 radical (unpaired) electrons. The number of amides is 3. The minimum atomic E-state index is -0.552. The first-order chi connectivity index (χ1) is 8.67. The van der Waals surface area contributed by atoms with E-state index in [2.05, 4.69) is 28.6 Å². The Morgan fingerprint density at radius 2 is 2.39 bits per heavy atom. The number of carbonyl (C=O) groups is 2. The molecule has 1 fully saturated rings. The molecule has 0 aromatic carbocycles. The molecule has 0 bridgehead atoms. The van der Waals surface area contributed by atoms with Gasteiger partial charge in [0, 0.05) is 26.2 Å².